The van der Waals surface area contributed by atoms with Crippen LogP contribution in [0.15, 0.2) is 47.6 Å². The van der Waals surface area contributed by atoms with E-state index >= 15 is 0 Å². The summed E-state index contributed by atoms with van der Waals surface area (Å²) in [6, 6.07) is 10.5. The standard InChI is InChI=1S/C20H22N4O3S/c1-24(2)20(27)13-3-6-15(7-4-13)22-17(25)12-28-18-10-5-14(11-21-18)19(26)23-16-8-9-16/h3-7,10-11,16H,8-9,12H2,1-2H3,(H,22,25)(H,23,26). The first kappa shape index (κ1) is 19.9. The molecule has 146 valence electrons. The highest BCUT2D eigenvalue weighted by molar-refractivity contribution is 7.99. The first-order chi connectivity index (χ1) is 13.4. The van der Waals surface area contributed by atoms with Gasteiger partial charge in [-0.05, 0) is 49.2 Å². The van der Waals surface area contributed by atoms with Gasteiger partial charge >= 0.3 is 0 Å². The third-order valence-electron chi connectivity index (χ3n) is 4.08. The number of thioether (sulfide) groups is 1. The molecule has 0 spiro atoms. The fraction of sp³-hybridized carbons (Fsp3) is 0.300. The number of pyridine rings is 1. The molecule has 1 aliphatic carbocycles. The van der Waals surface area contributed by atoms with Gasteiger partial charge in [-0.15, -0.1) is 0 Å². The zero-order valence-electron chi connectivity index (χ0n) is 15.8. The fourth-order valence-corrected chi connectivity index (χ4v) is 3.03. The summed E-state index contributed by atoms with van der Waals surface area (Å²) in [5, 5.41) is 6.37. The third-order valence-corrected chi connectivity index (χ3v) is 5.03. The first-order valence-electron chi connectivity index (χ1n) is 8.93. The smallest absolute Gasteiger partial charge is 0.253 e. The highest BCUT2D eigenvalue weighted by atomic mass is 32.2. The molecule has 3 rings (SSSR count). The van der Waals surface area contributed by atoms with E-state index in [1.807, 2.05) is 0 Å². The van der Waals surface area contributed by atoms with Crippen LogP contribution in [0.3, 0.4) is 0 Å². The molecule has 8 heteroatoms. The highest BCUT2D eigenvalue weighted by Gasteiger charge is 2.23. The quantitative estimate of drug-likeness (QED) is 0.699. The molecule has 1 heterocycles. The summed E-state index contributed by atoms with van der Waals surface area (Å²) in [6.45, 7) is 0. The van der Waals surface area contributed by atoms with Gasteiger partial charge in [0.05, 0.1) is 16.3 Å². The van der Waals surface area contributed by atoms with Crippen molar-refractivity contribution in [2.75, 3.05) is 25.2 Å². The molecule has 1 fully saturated rings. The van der Waals surface area contributed by atoms with E-state index in [0.717, 1.165) is 12.8 Å². The van der Waals surface area contributed by atoms with E-state index in [1.165, 1.54) is 22.9 Å². The largest absolute Gasteiger partial charge is 0.349 e. The van der Waals surface area contributed by atoms with Crippen molar-refractivity contribution in [1.29, 1.82) is 0 Å². The lowest BCUT2D eigenvalue weighted by atomic mass is 10.2. The number of amides is 3. The number of aromatic nitrogens is 1. The second-order valence-corrected chi connectivity index (χ2v) is 7.74. The summed E-state index contributed by atoms with van der Waals surface area (Å²) in [4.78, 5) is 41.6. The number of benzene rings is 1. The first-order valence-corrected chi connectivity index (χ1v) is 9.92. The Morgan fingerprint density at radius 3 is 2.32 bits per heavy atom. The molecule has 1 aromatic carbocycles. The Kier molecular flexibility index (Phi) is 6.30. The lowest BCUT2D eigenvalue weighted by molar-refractivity contribution is -0.113. The Balaban J connectivity index is 1.47. The van der Waals surface area contributed by atoms with Crippen LogP contribution in [0.25, 0.3) is 0 Å². The Hall–Kier alpha value is -2.87. The molecule has 0 aliphatic heterocycles. The van der Waals surface area contributed by atoms with Crippen molar-refractivity contribution >= 4 is 35.2 Å². The minimum absolute atomic E-state index is 0.0891. The summed E-state index contributed by atoms with van der Waals surface area (Å²) in [5.74, 6) is -0.179. The van der Waals surface area contributed by atoms with E-state index < -0.39 is 0 Å². The summed E-state index contributed by atoms with van der Waals surface area (Å²) in [5.41, 5.74) is 1.71. The Morgan fingerprint density at radius 2 is 1.75 bits per heavy atom. The summed E-state index contributed by atoms with van der Waals surface area (Å²) >= 11 is 1.29. The predicted molar refractivity (Wildman–Crippen MR) is 109 cm³/mol. The van der Waals surface area contributed by atoms with E-state index in [-0.39, 0.29) is 23.5 Å². The SMILES string of the molecule is CN(C)C(=O)c1ccc(NC(=O)CSc2ccc(C(=O)NC3CC3)cn2)cc1. The molecule has 2 N–H and O–H groups in total. The summed E-state index contributed by atoms with van der Waals surface area (Å²) < 4.78 is 0. The average Bonchev–Trinajstić information content (AvgIpc) is 3.50. The highest BCUT2D eigenvalue weighted by Crippen LogP contribution is 2.20. The van der Waals surface area contributed by atoms with E-state index in [0.29, 0.717) is 27.9 Å². The maximum atomic E-state index is 12.1. The van der Waals surface area contributed by atoms with E-state index in [9.17, 15) is 14.4 Å². The fourth-order valence-electron chi connectivity index (χ4n) is 2.39. The van der Waals surface area contributed by atoms with Crippen LogP contribution in [-0.2, 0) is 4.79 Å². The number of hydrogen-bond donors (Lipinski definition) is 2. The van der Waals surface area contributed by atoms with Crippen LogP contribution in [-0.4, -0.2) is 53.5 Å². The summed E-state index contributed by atoms with van der Waals surface area (Å²) in [6.07, 6.45) is 3.60. The molecule has 1 aromatic heterocycles. The molecular weight excluding hydrogens is 376 g/mol. The van der Waals surface area contributed by atoms with Crippen LogP contribution >= 0.6 is 11.8 Å². The van der Waals surface area contributed by atoms with Gasteiger partial charge in [0.15, 0.2) is 0 Å². The molecule has 1 saturated carbocycles. The van der Waals surface area contributed by atoms with Crippen LogP contribution in [0.4, 0.5) is 5.69 Å². The molecular formula is C20H22N4O3S. The van der Waals surface area contributed by atoms with Crippen LogP contribution in [0.2, 0.25) is 0 Å². The lowest BCUT2D eigenvalue weighted by Crippen LogP contribution is -2.25. The Morgan fingerprint density at radius 1 is 1.07 bits per heavy atom. The van der Waals surface area contributed by atoms with Gasteiger partial charge in [0, 0.05) is 37.6 Å². The van der Waals surface area contributed by atoms with Gasteiger partial charge in [0.1, 0.15) is 0 Å². The zero-order valence-corrected chi connectivity index (χ0v) is 16.6. The molecule has 28 heavy (non-hydrogen) atoms. The van der Waals surface area contributed by atoms with Crippen LogP contribution in [0.1, 0.15) is 33.6 Å². The van der Waals surface area contributed by atoms with Gasteiger partial charge in [-0.1, -0.05) is 11.8 Å². The second kappa shape index (κ2) is 8.88. The van der Waals surface area contributed by atoms with E-state index in [4.69, 9.17) is 0 Å². The molecule has 1 aliphatic rings. The van der Waals surface area contributed by atoms with Crippen molar-refractivity contribution < 1.29 is 14.4 Å². The maximum Gasteiger partial charge on any atom is 0.253 e. The zero-order chi connectivity index (χ0) is 20.1. The van der Waals surface area contributed by atoms with Gasteiger partial charge in [0.2, 0.25) is 5.91 Å². The van der Waals surface area contributed by atoms with Crippen molar-refractivity contribution in [1.82, 2.24) is 15.2 Å². The van der Waals surface area contributed by atoms with Crippen molar-refractivity contribution in [2.24, 2.45) is 0 Å². The Bertz CT molecular complexity index is 862. The van der Waals surface area contributed by atoms with Crippen molar-refractivity contribution in [3.63, 3.8) is 0 Å². The van der Waals surface area contributed by atoms with Crippen LogP contribution < -0.4 is 10.6 Å². The van der Waals surface area contributed by atoms with Crippen molar-refractivity contribution in [3.8, 4) is 0 Å². The third kappa shape index (κ3) is 5.56. The number of nitrogens with one attached hydrogen (secondary N) is 2. The van der Waals surface area contributed by atoms with Gasteiger partial charge in [-0.3, -0.25) is 14.4 Å². The topological polar surface area (TPSA) is 91.4 Å². The molecule has 0 bridgehead atoms. The number of carbonyl (C=O) groups is 3. The molecule has 0 radical (unpaired) electrons. The molecule has 7 nitrogen and oxygen atoms in total. The van der Waals surface area contributed by atoms with Gasteiger partial charge in [0.25, 0.3) is 11.8 Å². The number of carbonyl (C=O) groups excluding carboxylic acids is 3. The maximum absolute atomic E-state index is 12.1. The number of hydrogen-bond acceptors (Lipinski definition) is 5. The number of nitrogens with zero attached hydrogens (tertiary/aromatic N) is 2. The van der Waals surface area contributed by atoms with Crippen molar-refractivity contribution in [2.45, 2.75) is 23.9 Å². The predicted octanol–water partition coefficient (Wildman–Crippen LogP) is 2.41. The van der Waals surface area contributed by atoms with E-state index in [1.54, 1.807) is 50.5 Å². The minimum Gasteiger partial charge on any atom is -0.349 e. The monoisotopic (exact) mass is 398 g/mol. The summed E-state index contributed by atoms with van der Waals surface area (Å²) in [7, 11) is 3.38. The molecule has 0 atom stereocenters. The van der Waals surface area contributed by atoms with E-state index in [2.05, 4.69) is 15.6 Å². The van der Waals surface area contributed by atoms with Crippen molar-refractivity contribution in [3.05, 3.63) is 53.7 Å². The van der Waals surface area contributed by atoms with Crippen LogP contribution in [0.5, 0.6) is 0 Å². The molecule has 0 saturated heterocycles. The average molecular weight is 398 g/mol. The van der Waals surface area contributed by atoms with Crippen LogP contribution in [0, 0.1) is 0 Å². The second-order valence-electron chi connectivity index (χ2n) is 6.75. The Labute approximate surface area is 167 Å². The molecule has 0 unspecified atom stereocenters. The number of rotatable bonds is 7. The van der Waals surface area contributed by atoms with Gasteiger partial charge < -0.3 is 15.5 Å². The normalized spacial score (nSPS) is 12.9. The lowest BCUT2D eigenvalue weighted by Gasteiger charge is -2.11. The minimum atomic E-state index is -0.172. The number of anilines is 1. The molecule has 3 amide bonds. The van der Waals surface area contributed by atoms with Gasteiger partial charge in [-0.25, -0.2) is 4.98 Å². The van der Waals surface area contributed by atoms with Gasteiger partial charge in [-0.2, -0.15) is 0 Å². The molecule has 2 aromatic rings.